The zero-order valence-electron chi connectivity index (χ0n) is 13.0. The number of aryl methyl sites for hydroxylation is 2. The third kappa shape index (κ3) is 5.18. The van der Waals surface area contributed by atoms with Crippen molar-refractivity contribution in [3.05, 3.63) is 60.2 Å². The van der Waals surface area contributed by atoms with Gasteiger partial charge in [-0.2, -0.15) is 0 Å². The van der Waals surface area contributed by atoms with Gasteiger partial charge in [0.25, 0.3) is 0 Å². The van der Waals surface area contributed by atoms with Gasteiger partial charge in [-0.15, -0.1) is 0 Å². The van der Waals surface area contributed by atoms with E-state index < -0.39 is 11.8 Å². The lowest BCUT2D eigenvalue weighted by Gasteiger charge is -1.99. The molecule has 0 saturated carbocycles. The van der Waals surface area contributed by atoms with E-state index in [1.165, 1.54) is 0 Å². The highest BCUT2D eigenvalue weighted by Gasteiger charge is 2.06. The summed E-state index contributed by atoms with van der Waals surface area (Å²) < 4.78 is 4.09. The number of carbonyl (C=O) groups excluding carboxylic acids is 2. The molecular formula is C17H22N4O2+2. The second-order valence-electron chi connectivity index (χ2n) is 5.44. The maximum Gasteiger partial charge on any atom is 0.249 e. The summed E-state index contributed by atoms with van der Waals surface area (Å²) in [7, 11) is 0. The molecule has 0 unspecified atom stereocenters. The van der Waals surface area contributed by atoms with Crippen molar-refractivity contribution in [1.82, 2.24) is 0 Å². The van der Waals surface area contributed by atoms with Crippen LogP contribution >= 0.6 is 0 Å². The van der Waals surface area contributed by atoms with Gasteiger partial charge in [0, 0.05) is 37.1 Å². The topological polar surface area (TPSA) is 93.9 Å². The molecule has 2 rings (SSSR count). The molecular weight excluding hydrogens is 292 g/mol. The van der Waals surface area contributed by atoms with Gasteiger partial charge < -0.3 is 11.5 Å². The molecule has 4 N–H and O–H groups in total. The lowest BCUT2D eigenvalue weighted by atomic mass is 10.2. The fourth-order valence-electron chi connectivity index (χ4n) is 2.31. The van der Waals surface area contributed by atoms with Crippen molar-refractivity contribution in [3.8, 4) is 0 Å². The predicted molar refractivity (Wildman–Crippen MR) is 84.2 cm³/mol. The minimum Gasteiger partial charge on any atom is -0.366 e. The summed E-state index contributed by atoms with van der Waals surface area (Å²) >= 11 is 0. The number of hydrogen-bond acceptors (Lipinski definition) is 2. The largest absolute Gasteiger partial charge is 0.366 e. The van der Waals surface area contributed by atoms with Crippen LogP contribution in [0.3, 0.4) is 0 Å². The van der Waals surface area contributed by atoms with Gasteiger partial charge in [0.2, 0.25) is 11.8 Å². The second kappa shape index (κ2) is 8.03. The number of nitrogens with two attached hydrogens (primary N) is 2. The van der Waals surface area contributed by atoms with Crippen molar-refractivity contribution in [2.45, 2.75) is 32.4 Å². The number of unbranched alkanes of at least 4 members (excludes halogenated alkanes) is 2. The van der Waals surface area contributed by atoms with E-state index in [0.717, 1.165) is 32.4 Å². The Morgan fingerprint density at radius 2 is 1.04 bits per heavy atom. The third-order valence-electron chi connectivity index (χ3n) is 3.68. The van der Waals surface area contributed by atoms with Gasteiger partial charge in [-0.25, -0.2) is 9.13 Å². The lowest BCUT2D eigenvalue weighted by molar-refractivity contribution is -0.701. The van der Waals surface area contributed by atoms with E-state index in [0.29, 0.717) is 11.1 Å². The van der Waals surface area contributed by atoms with Crippen molar-refractivity contribution < 1.29 is 18.7 Å². The number of carbonyl (C=O) groups is 2. The minimum atomic E-state index is -0.406. The summed E-state index contributed by atoms with van der Waals surface area (Å²) in [5.41, 5.74) is 11.5. The van der Waals surface area contributed by atoms with Crippen molar-refractivity contribution >= 4 is 11.8 Å². The van der Waals surface area contributed by atoms with E-state index in [2.05, 4.69) is 0 Å². The molecule has 0 bridgehead atoms. The van der Waals surface area contributed by atoms with Crippen molar-refractivity contribution in [1.29, 1.82) is 0 Å². The smallest absolute Gasteiger partial charge is 0.249 e. The Kier molecular flexibility index (Phi) is 5.80. The number of aromatic nitrogens is 2. The Hall–Kier alpha value is -2.76. The fourth-order valence-corrected chi connectivity index (χ4v) is 2.31. The number of primary amides is 2. The molecule has 0 fully saturated rings. The van der Waals surface area contributed by atoms with Gasteiger partial charge >= 0.3 is 0 Å². The summed E-state index contributed by atoms with van der Waals surface area (Å²) in [5.74, 6) is -0.812. The van der Waals surface area contributed by atoms with E-state index in [9.17, 15) is 9.59 Å². The van der Waals surface area contributed by atoms with Crippen LogP contribution in [0.5, 0.6) is 0 Å². The number of rotatable bonds is 8. The molecule has 0 radical (unpaired) electrons. The predicted octanol–water partition coefficient (Wildman–Crippen LogP) is 0.330. The Morgan fingerprint density at radius 1 is 0.696 bits per heavy atom. The highest BCUT2D eigenvalue weighted by atomic mass is 16.1. The maximum absolute atomic E-state index is 11.0. The SMILES string of the molecule is NC(=O)c1cc[n+](CCCCC[n+]2ccc(C(N)=O)cc2)cc1. The molecule has 2 amide bonds. The zero-order chi connectivity index (χ0) is 16.7. The minimum absolute atomic E-state index is 0.406. The molecule has 0 aliphatic heterocycles. The monoisotopic (exact) mass is 314 g/mol. The second-order valence-corrected chi connectivity index (χ2v) is 5.44. The third-order valence-corrected chi connectivity index (χ3v) is 3.68. The molecule has 0 aromatic carbocycles. The maximum atomic E-state index is 11.0. The molecule has 0 saturated heterocycles. The molecule has 6 heteroatoms. The fraction of sp³-hybridized carbons (Fsp3) is 0.294. The molecule has 0 aliphatic carbocycles. The highest BCUT2D eigenvalue weighted by Crippen LogP contribution is 1.98. The van der Waals surface area contributed by atoms with Crippen LogP contribution in [-0.4, -0.2) is 11.8 Å². The van der Waals surface area contributed by atoms with Gasteiger partial charge in [-0.1, -0.05) is 0 Å². The summed E-state index contributed by atoms with van der Waals surface area (Å²) in [6.45, 7) is 1.81. The molecule has 6 nitrogen and oxygen atoms in total. The van der Waals surface area contributed by atoms with Crippen LogP contribution in [0.25, 0.3) is 0 Å². The Bertz CT molecular complexity index is 606. The summed E-state index contributed by atoms with van der Waals surface area (Å²) in [6, 6.07) is 6.94. The first kappa shape index (κ1) is 16.6. The summed E-state index contributed by atoms with van der Waals surface area (Å²) in [5, 5.41) is 0. The molecule has 2 aromatic heterocycles. The normalized spacial score (nSPS) is 10.4. The van der Waals surface area contributed by atoms with Gasteiger partial charge in [-0.05, 0) is 6.42 Å². The van der Waals surface area contributed by atoms with E-state index in [-0.39, 0.29) is 0 Å². The van der Waals surface area contributed by atoms with E-state index in [4.69, 9.17) is 11.5 Å². The van der Waals surface area contributed by atoms with Gasteiger partial charge in [-0.3, -0.25) is 9.59 Å². The summed E-state index contributed by atoms with van der Waals surface area (Å²) in [4.78, 5) is 22.0. The van der Waals surface area contributed by atoms with Crippen LogP contribution in [0.4, 0.5) is 0 Å². The van der Waals surface area contributed by atoms with Crippen LogP contribution in [0.2, 0.25) is 0 Å². The van der Waals surface area contributed by atoms with Gasteiger partial charge in [0.15, 0.2) is 24.8 Å². The summed E-state index contributed by atoms with van der Waals surface area (Å²) in [6.07, 6.45) is 10.7. The molecule has 2 heterocycles. The molecule has 0 spiro atoms. The quantitative estimate of drug-likeness (QED) is 0.543. The number of hydrogen-bond donors (Lipinski definition) is 2. The number of amides is 2. The molecule has 2 aromatic rings. The Labute approximate surface area is 135 Å². The molecule has 0 atom stereocenters. The Balaban J connectivity index is 1.69. The van der Waals surface area contributed by atoms with E-state index in [1.54, 1.807) is 24.3 Å². The highest BCUT2D eigenvalue weighted by molar-refractivity contribution is 5.92. The van der Waals surface area contributed by atoms with Crippen LogP contribution in [0.15, 0.2) is 49.1 Å². The first-order valence-electron chi connectivity index (χ1n) is 7.64. The molecule has 0 aliphatic rings. The molecule has 120 valence electrons. The Morgan fingerprint density at radius 3 is 1.35 bits per heavy atom. The first-order chi connectivity index (χ1) is 11.1. The molecule has 23 heavy (non-hydrogen) atoms. The standard InChI is InChI=1S/C17H20N4O2/c18-16(22)14-4-10-20(11-5-14)8-2-1-3-9-21-12-6-15(7-13-21)17(19)23/h4-7,10-13H,1-3,8-9H2,(H2-2,18,19,22,23)/p+2. The lowest BCUT2D eigenvalue weighted by Crippen LogP contribution is -2.34. The average Bonchev–Trinajstić information content (AvgIpc) is 2.55. The van der Waals surface area contributed by atoms with Crippen LogP contribution in [-0.2, 0) is 13.1 Å². The van der Waals surface area contributed by atoms with E-state index in [1.807, 2.05) is 33.9 Å². The average molecular weight is 314 g/mol. The van der Waals surface area contributed by atoms with Crippen molar-refractivity contribution in [2.75, 3.05) is 0 Å². The zero-order valence-corrected chi connectivity index (χ0v) is 13.0. The number of pyridine rings is 2. The van der Waals surface area contributed by atoms with E-state index >= 15 is 0 Å². The van der Waals surface area contributed by atoms with Crippen molar-refractivity contribution in [3.63, 3.8) is 0 Å². The first-order valence-corrected chi connectivity index (χ1v) is 7.64. The van der Waals surface area contributed by atoms with Gasteiger partial charge in [0.05, 0.1) is 11.1 Å². The van der Waals surface area contributed by atoms with Gasteiger partial charge in [0.1, 0.15) is 13.1 Å². The number of nitrogens with zero attached hydrogens (tertiary/aromatic N) is 2. The van der Waals surface area contributed by atoms with Crippen LogP contribution < -0.4 is 20.6 Å². The van der Waals surface area contributed by atoms with Crippen LogP contribution in [0, 0.1) is 0 Å². The van der Waals surface area contributed by atoms with Crippen LogP contribution in [0.1, 0.15) is 40.0 Å². The van der Waals surface area contributed by atoms with Crippen molar-refractivity contribution in [2.24, 2.45) is 11.5 Å².